The molecule has 0 radical (unpaired) electrons. The minimum absolute atomic E-state index is 0.00970. The summed E-state index contributed by atoms with van der Waals surface area (Å²) in [6, 6.07) is 16.3. The maximum Gasteiger partial charge on any atom is 0.409 e. The Hall–Kier alpha value is -2.86. The van der Waals surface area contributed by atoms with Crippen molar-refractivity contribution in [2.24, 2.45) is 17.6 Å². The first-order valence-corrected chi connectivity index (χ1v) is 9.13. The van der Waals surface area contributed by atoms with Gasteiger partial charge in [-0.15, -0.1) is 0 Å². The molecule has 27 heavy (non-hydrogen) atoms. The standard InChI is InChI=1S/C21H22N2O4/c22-9-13-10-23(11-18(13)20(24)25)21(26)27-12-19-16-7-3-1-5-14(16)15-6-2-4-8-17(15)19/h1-8,13,18-19H,9-12,22H2,(H,24,25)/t13-,18+/m1/s1. The first-order valence-electron chi connectivity index (χ1n) is 9.13. The lowest BCUT2D eigenvalue weighted by atomic mass is 9.97. The third-order valence-electron chi connectivity index (χ3n) is 5.66. The van der Waals surface area contributed by atoms with Gasteiger partial charge in [0.2, 0.25) is 0 Å². The largest absolute Gasteiger partial charge is 0.481 e. The number of aliphatic carboxylic acids is 1. The van der Waals surface area contributed by atoms with E-state index < -0.39 is 18.0 Å². The summed E-state index contributed by atoms with van der Waals surface area (Å²) >= 11 is 0. The molecule has 0 aromatic heterocycles. The summed E-state index contributed by atoms with van der Waals surface area (Å²) in [6.07, 6.45) is -0.473. The number of carbonyl (C=O) groups is 2. The van der Waals surface area contributed by atoms with E-state index in [2.05, 4.69) is 24.3 Å². The minimum atomic E-state index is -0.917. The van der Waals surface area contributed by atoms with E-state index in [1.165, 1.54) is 16.0 Å². The van der Waals surface area contributed by atoms with E-state index in [-0.39, 0.29) is 31.5 Å². The number of likely N-dealkylation sites (tertiary alicyclic amines) is 1. The fraction of sp³-hybridized carbons (Fsp3) is 0.333. The Morgan fingerprint density at radius 1 is 1.04 bits per heavy atom. The Morgan fingerprint density at radius 3 is 2.15 bits per heavy atom. The van der Waals surface area contributed by atoms with Crippen LogP contribution in [0.25, 0.3) is 11.1 Å². The lowest BCUT2D eigenvalue weighted by Gasteiger charge is -2.19. The third kappa shape index (κ3) is 3.06. The average molecular weight is 366 g/mol. The van der Waals surface area contributed by atoms with Crippen LogP contribution in [0, 0.1) is 11.8 Å². The Morgan fingerprint density at radius 2 is 1.63 bits per heavy atom. The number of carboxylic acid groups (broad SMARTS) is 1. The van der Waals surface area contributed by atoms with Gasteiger partial charge in [0.15, 0.2) is 0 Å². The van der Waals surface area contributed by atoms with Gasteiger partial charge in [-0.25, -0.2) is 4.79 Å². The Bertz CT molecular complexity index is 836. The zero-order valence-electron chi connectivity index (χ0n) is 14.9. The highest BCUT2D eigenvalue weighted by molar-refractivity contribution is 5.79. The van der Waals surface area contributed by atoms with Crippen molar-refractivity contribution in [2.45, 2.75) is 5.92 Å². The number of hydrogen-bond donors (Lipinski definition) is 2. The molecule has 4 rings (SSSR count). The van der Waals surface area contributed by atoms with E-state index in [0.29, 0.717) is 6.54 Å². The van der Waals surface area contributed by atoms with Crippen LogP contribution >= 0.6 is 0 Å². The summed E-state index contributed by atoms with van der Waals surface area (Å²) in [5.74, 6) is -1.79. The lowest BCUT2D eigenvalue weighted by Crippen LogP contribution is -2.31. The van der Waals surface area contributed by atoms with Crippen LogP contribution in [0.4, 0.5) is 4.79 Å². The predicted octanol–water partition coefficient (Wildman–Crippen LogP) is 2.53. The molecule has 1 heterocycles. The molecule has 0 spiro atoms. The van der Waals surface area contributed by atoms with Crippen molar-refractivity contribution in [1.82, 2.24) is 4.90 Å². The molecule has 6 heteroatoms. The number of hydrogen-bond acceptors (Lipinski definition) is 4. The molecule has 2 atom stereocenters. The molecule has 0 saturated carbocycles. The van der Waals surface area contributed by atoms with Crippen LogP contribution in [0.2, 0.25) is 0 Å². The van der Waals surface area contributed by atoms with Crippen LogP contribution in [0.5, 0.6) is 0 Å². The second-order valence-corrected chi connectivity index (χ2v) is 7.15. The second-order valence-electron chi connectivity index (χ2n) is 7.15. The summed E-state index contributed by atoms with van der Waals surface area (Å²) in [5.41, 5.74) is 10.3. The molecule has 1 aliphatic heterocycles. The zero-order valence-corrected chi connectivity index (χ0v) is 14.9. The maximum atomic E-state index is 12.5. The minimum Gasteiger partial charge on any atom is -0.481 e. The molecular weight excluding hydrogens is 344 g/mol. The zero-order chi connectivity index (χ0) is 19.0. The van der Waals surface area contributed by atoms with Crippen molar-refractivity contribution in [3.63, 3.8) is 0 Å². The van der Waals surface area contributed by atoms with Gasteiger partial charge in [-0.05, 0) is 28.8 Å². The Kier molecular flexibility index (Phi) is 4.58. The number of rotatable bonds is 4. The van der Waals surface area contributed by atoms with Crippen LogP contribution < -0.4 is 5.73 Å². The van der Waals surface area contributed by atoms with Gasteiger partial charge in [-0.1, -0.05) is 48.5 Å². The molecule has 1 amide bonds. The van der Waals surface area contributed by atoms with Gasteiger partial charge in [-0.3, -0.25) is 4.79 Å². The molecule has 1 saturated heterocycles. The van der Waals surface area contributed by atoms with Crippen LogP contribution in [0.15, 0.2) is 48.5 Å². The topological polar surface area (TPSA) is 92.9 Å². The molecule has 1 aliphatic carbocycles. The number of carboxylic acids is 1. The summed E-state index contributed by atoms with van der Waals surface area (Å²) in [7, 11) is 0. The van der Waals surface area contributed by atoms with Crippen molar-refractivity contribution >= 4 is 12.1 Å². The number of ether oxygens (including phenoxy) is 1. The van der Waals surface area contributed by atoms with Gasteiger partial charge in [0.25, 0.3) is 0 Å². The maximum absolute atomic E-state index is 12.5. The van der Waals surface area contributed by atoms with Crippen LogP contribution in [0.3, 0.4) is 0 Å². The van der Waals surface area contributed by atoms with Gasteiger partial charge in [0, 0.05) is 24.9 Å². The van der Waals surface area contributed by atoms with Crippen molar-refractivity contribution in [1.29, 1.82) is 0 Å². The highest BCUT2D eigenvalue weighted by Gasteiger charge is 2.40. The van der Waals surface area contributed by atoms with Gasteiger partial charge in [0.05, 0.1) is 5.92 Å². The van der Waals surface area contributed by atoms with E-state index in [1.807, 2.05) is 24.3 Å². The predicted molar refractivity (Wildman–Crippen MR) is 100 cm³/mol. The molecule has 2 aromatic rings. The van der Waals surface area contributed by atoms with Gasteiger partial charge < -0.3 is 20.5 Å². The first-order chi connectivity index (χ1) is 13.1. The molecular formula is C21H22N2O4. The fourth-order valence-electron chi connectivity index (χ4n) is 4.22. The van der Waals surface area contributed by atoms with Gasteiger partial charge in [0.1, 0.15) is 6.61 Å². The fourth-order valence-corrected chi connectivity index (χ4v) is 4.22. The van der Waals surface area contributed by atoms with Gasteiger partial charge >= 0.3 is 12.1 Å². The highest BCUT2D eigenvalue weighted by Crippen LogP contribution is 2.44. The van der Waals surface area contributed by atoms with E-state index in [4.69, 9.17) is 10.5 Å². The second kappa shape index (κ2) is 7.04. The van der Waals surface area contributed by atoms with Crippen LogP contribution in [0.1, 0.15) is 17.0 Å². The molecule has 6 nitrogen and oxygen atoms in total. The number of carbonyl (C=O) groups excluding carboxylic acids is 1. The number of amides is 1. The van der Waals surface area contributed by atoms with Crippen molar-refractivity contribution < 1.29 is 19.4 Å². The van der Waals surface area contributed by atoms with Crippen molar-refractivity contribution in [3.8, 4) is 11.1 Å². The van der Waals surface area contributed by atoms with E-state index in [1.54, 1.807) is 0 Å². The van der Waals surface area contributed by atoms with Crippen LogP contribution in [-0.2, 0) is 9.53 Å². The summed E-state index contributed by atoms with van der Waals surface area (Å²) < 4.78 is 5.60. The van der Waals surface area contributed by atoms with Crippen molar-refractivity contribution in [2.75, 3.05) is 26.2 Å². The summed E-state index contributed by atoms with van der Waals surface area (Å²) in [6.45, 7) is 0.941. The highest BCUT2D eigenvalue weighted by atomic mass is 16.6. The quantitative estimate of drug-likeness (QED) is 0.867. The first kappa shape index (κ1) is 17.5. The number of nitrogens with two attached hydrogens (primary N) is 1. The number of nitrogens with zero attached hydrogens (tertiary/aromatic N) is 1. The number of fused-ring (bicyclic) bond motifs is 3. The molecule has 1 fully saturated rings. The monoisotopic (exact) mass is 366 g/mol. The summed E-state index contributed by atoms with van der Waals surface area (Å²) in [4.78, 5) is 25.3. The SMILES string of the molecule is NC[C@@H]1CN(C(=O)OCC2c3ccccc3-c3ccccc32)C[C@@H]1C(=O)O. The van der Waals surface area contributed by atoms with Crippen LogP contribution in [-0.4, -0.2) is 48.3 Å². The Labute approximate surface area is 157 Å². The molecule has 2 aromatic carbocycles. The van der Waals surface area contributed by atoms with Gasteiger partial charge in [-0.2, -0.15) is 0 Å². The summed E-state index contributed by atoms with van der Waals surface area (Å²) in [5, 5.41) is 9.30. The molecule has 0 bridgehead atoms. The third-order valence-corrected chi connectivity index (χ3v) is 5.66. The lowest BCUT2D eigenvalue weighted by molar-refractivity contribution is -0.142. The Balaban J connectivity index is 1.48. The van der Waals surface area contributed by atoms with Crippen molar-refractivity contribution in [3.05, 3.63) is 59.7 Å². The molecule has 3 N–H and O–H groups in total. The molecule has 0 unspecified atom stereocenters. The smallest absolute Gasteiger partial charge is 0.409 e. The normalized spacial score (nSPS) is 21.0. The van der Waals surface area contributed by atoms with E-state index in [0.717, 1.165) is 11.1 Å². The van der Waals surface area contributed by atoms with E-state index >= 15 is 0 Å². The van der Waals surface area contributed by atoms with E-state index in [9.17, 15) is 14.7 Å². The molecule has 140 valence electrons. The number of benzene rings is 2. The molecule has 2 aliphatic rings. The average Bonchev–Trinajstić information content (AvgIpc) is 3.26.